The van der Waals surface area contributed by atoms with E-state index >= 15 is 0 Å². The number of aromatic nitrogens is 2. The number of carboxylic acid groups (broad SMARTS) is 1. The molecule has 0 bridgehead atoms. The average molecular weight is 305 g/mol. The fraction of sp³-hybridized carbons (Fsp3) is 0.400. The van der Waals surface area contributed by atoms with Crippen LogP contribution in [0.5, 0.6) is 0 Å². The van der Waals surface area contributed by atoms with Crippen LogP contribution in [0.4, 0.5) is 0 Å². The predicted octanol–water partition coefficient (Wildman–Crippen LogP) is 2.35. The molecule has 2 heterocycles. The van der Waals surface area contributed by atoms with E-state index in [2.05, 4.69) is 15.5 Å². The van der Waals surface area contributed by atoms with Gasteiger partial charge < -0.3 is 14.8 Å². The monoisotopic (exact) mass is 305 g/mol. The summed E-state index contributed by atoms with van der Waals surface area (Å²) >= 11 is 0. The molecule has 2 rings (SSSR count). The quantitative estimate of drug-likeness (QED) is 0.759. The van der Waals surface area contributed by atoms with Gasteiger partial charge in [-0.2, -0.15) is 5.10 Å². The number of aromatic amines is 1. The van der Waals surface area contributed by atoms with Gasteiger partial charge >= 0.3 is 5.97 Å². The average Bonchev–Trinajstić information content (AvgIpc) is 3.04. The van der Waals surface area contributed by atoms with Gasteiger partial charge in [0.25, 0.3) is 5.91 Å². The first-order chi connectivity index (χ1) is 10.3. The lowest BCUT2D eigenvalue weighted by Gasteiger charge is -2.25. The molecule has 0 aliphatic carbocycles. The molecule has 7 nitrogen and oxygen atoms in total. The summed E-state index contributed by atoms with van der Waals surface area (Å²) in [6.45, 7) is 5.38. The largest absolute Gasteiger partial charge is 0.481 e. The molecule has 118 valence electrons. The van der Waals surface area contributed by atoms with E-state index in [1.54, 1.807) is 26.0 Å². The summed E-state index contributed by atoms with van der Waals surface area (Å²) in [6, 6.07) is 5.22. The highest BCUT2D eigenvalue weighted by Gasteiger charge is 2.23. The van der Waals surface area contributed by atoms with E-state index < -0.39 is 11.5 Å². The van der Waals surface area contributed by atoms with Crippen LogP contribution in [0.2, 0.25) is 0 Å². The molecule has 22 heavy (non-hydrogen) atoms. The third kappa shape index (κ3) is 3.97. The van der Waals surface area contributed by atoms with Gasteiger partial charge in [0.2, 0.25) is 0 Å². The zero-order valence-electron chi connectivity index (χ0n) is 12.8. The normalized spacial score (nSPS) is 11.4. The number of carbonyl (C=O) groups is 2. The lowest BCUT2D eigenvalue weighted by atomic mass is 9.98. The van der Waals surface area contributed by atoms with Gasteiger partial charge in [-0.15, -0.1) is 0 Å². The molecule has 0 fully saturated rings. The van der Waals surface area contributed by atoms with Crippen LogP contribution in [0.25, 0.3) is 11.5 Å². The van der Waals surface area contributed by atoms with Crippen LogP contribution < -0.4 is 5.32 Å². The Bertz CT molecular complexity index is 685. The van der Waals surface area contributed by atoms with Gasteiger partial charge in [0.15, 0.2) is 11.5 Å². The fourth-order valence-corrected chi connectivity index (χ4v) is 2.00. The summed E-state index contributed by atoms with van der Waals surface area (Å²) in [7, 11) is 0. The highest BCUT2D eigenvalue weighted by molar-refractivity contribution is 5.93. The number of hydrogen-bond donors (Lipinski definition) is 3. The molecule has 0 aliphatic heterocycles. The van der Waals surface area contributed by atoms with Crippen LogP contribution in [0, 0.1) is 6.92 Å². The number of rotatable bonds is 6. The Morgan fingerprint density at radius 1 is 1.41 bits per heavy atom. The number of carbonyl (C=O) groups excluding carboxylic acids is 1. The van der Waals surface area contributed by atoms with Crippen molar-refractivity contribution < 1.29 is 19.1 Å². The maximum atomic E-state index is 12.2. The van der Waals surface area contributed by atoms with E-state index in [1.165, 1.54) is 0 Å². The van der Waals surface area contributed by atoms with Crippen molar-refractivity contribution in [3.63, 3.8) is 0 Å². The molecule has 0 aliphatic rings. The molecule has 0 atom stereocenters. The van der Waals surface area contributed by atoms with Crippen molar-refractivity contribution in [2.24, 2.45) is 0 Å². The van der Waals surface area contributed by atoms with E-state index in [1.807, 2.05) is 13.0 Å². The van der Waals surface area contributed by atoms with Crippen LogP contribution in [0.1, 0.15) is 42.9 Å². The zero-order chi connectivity index (χ0) is 16.3. The number of hydrogen-bond acceptors (Lipinski definition) is 4. The van der Waals surface area contributed by atoms with Crippen molar-refractivity contribution in [3.8, 4) is 11.5 Å². The standard InChI is InChI=1S/C15H19N3O4/c1-9-4-5-12(22-9)10-8-11(18-17-10)14(21)16-15(2,3)7-6-13(19)20/h4-5,8H,6-7H2,1-3H3,(H,16,21)(H,17,18)(H,19,20). The minimum Gasteiger partial charge on any atom is -0.481 e. The minimum absolute atomic E-state index is 0.00916. The van der Waals surface area contributed by atoms with Crippen LogP contribution in [0.15, 0.2) is 22.6 Å². The van der Waals surface area contributed by atoms with Crippen molar-refractivity contribution in [3.05, 3.63) is 29.7 Å². The van der Waals surface area contributed by atoms with E-state index in [0.29, 0.717) is 17.9 Å². The lowest BCUT2D eigenvalue weighted by molar-refractivity contribution is -0.137. The molecule has 1 amide bonds. The Labute approximate surface area is 127 Å². The van der Waals surface area contributed by atoms with Gasteiger partial charge in [-0.3, -0.25) is 14.7 Å². The third-order valence-corrected chi connectivity index (χ3v) is 3.23. The molecule has 3 N–H and O–H groups in total. The second-order valence-corrected chi connectivity index (χ2v) is 5.81. The van der Waals surface area contributed by atoms with Crippen molar-refractivity contribution in [1.82, 2.24) is 15.5 Å². The highest BCUT2D eigenvalue weighted by atomic mass is 16.4. The van der Waals surface area contributed by atoms with Crippen molar-refractivity contribution in [1.29, 1.82) is 0 Å². The topological polar surface area (TPSA) is 108 Å². The maximum absolute atomic E-state index is 12.2. The molecule has 0 saturated heterocycles. The number of nitrogens with zero attached hydrogens (tertiary/aromatic N) is 1. The number of aryl methyl sites for hydroxylation is 1. The van der Waals surface area contributed by atoms with Crippen LogP contribution in [-0.2, 0) is 4.79 Å². The predicted molar refractivity (Wildman–Crippen MR) is 79.4 cm³/mol. The van der Waals surface area contributed by atoms with Crippen LogP contribution >= 0.6 is 0 Å². The molecule has 2 aromatic rings. The smallest absolute Gasteiger partial charge is 0.303 e. The van der Waals surface area contributed by atoms with Gasteiger partial charge in [0.1, 0.15) is 11.5 Å². The first-order valence-electron chi connectivity index (χ1n) is 6.93. The Balaban J connectivity index is 2.04. The van der Waals surface area contributed by atoms with E-state index in [-0.39, 0.29) is 18.0 Å². The van der Waals surface area contributed by atoms with Crippen molar-refractivity contribution >= 4 is 11.9 Å². The molecule has 0 unspecified atom stereocenters. The zero-order valence-corrected chi connectivity index (χ0v) is 12.8. The summed E-state index contributed by atoms with van der Waals surface area (Å²) in [6.07, 6.45) is 0.327. The first-order valence-corrected chi connectivity index (χ1v) is 6.93. The summed E-state index contributed by atoms with van der Waals surface area (Å²) in [4.78, 5) is 22.8. The van der Waals surface area contributed by atoms with E-state index in [4.69, 9.17) is 9.52 Å². The minimum atomic E-state index is -0.891. The first kappa shape index (κ1) is 15.8. The summed E-state index contributed by atoms with van der Waals surface area (Å²) in [5.74, 6) is 0.123. The fourth-order valence-electron chi connectivity index (χ4n) is 2.00. The van der Waals surface area contributed by atoms with Gasteiger partial charge in [-0.25, -0.2) is 0 Å². The number of amides is 1. The number of nitrogens with one attached hydrogen (secondary N) is 2. The summed E-state index contributed by atoms with van der Waals surface area (Å²) in [5, 5.41) is 18.2. The van der Waals surface area contributed by atoms with Crippen LogP contribution in [-0.4, -0.2) is 32.7 Å². The van der Waals surface area contributed by atoms with Crippen LogP contribution in [0.3, 0.4) is 0 Å². The second kappa shape index (κ2) is 6.05. The van der Waals surface area contributed by atoms with Gasteiger partial charge in [-0.1, -0.05) is 0 Å². The summed E-state index contributed by atoms with van der Waals surface area (Å²) < 4.78 is 5.46. The number of aliphatic carboxylic acids is 1. The number of carboxylic acids is 1. The Kier molecular flexibility index (Phi) is 4.35. The summed E-state index contributed by atoms with van der Waals surface area (Å²) in [5.41, 5.74) is 0.213. The molecule has 7 heteroatoms. The van der Waals surface area contributed by atoms with E-state index in [0.717, 1.165) is 5.76 Å². The van der Waals surface area contributed by atoms with Crippen molar-refractivity contribution in [2.45, 2.75) is 39.2 Å². The Morgan fingerprint density at radius 2 is 2.14 bits per heavy atom. The molecule has 2 aromatic heterocycles. The molecule has 0 aromatic carbocycles. The molecular formula is C15H19N3O4. The second-order valence-electron chi connectivity index (χ2n) is 5.81. The molecule has 0 radical (unpaired) electrons. The maximum Gasteiger partial charge on any atom is 0.303 e. The highest BCUT2D eigenvalue weighted by Crippen LogP contribution is 2.20. The SMILES string of the molecule is Cc1ccc(-c2cc(C(=O)NC(C)(C)CCC(=O)O)n[nH]2)o1. The Morgan fingerprint density at radius 3 is 2.73 bits per heavy atom. The Hall–Kier alpha value is -2.57. The number of furan rings is 1. The lowest BCUT2D eigenvalue weighted by Crippen LogP contribution is -2.43. The molecular weight excluding hydrogens is 286 g/mol. The van der Waals surface area contributed by atoms with Crippen molar-refractivity contribution in [2.75, 3.05) is 0 Å². The van der Waals surface area contributed by atoms with Gasteiger partial charge in [-0.05, 0) is 39.3 Å². The number of H-pyrrole nitrogens is 1. The molecule has 0 saturated carbocycles. The van der Waals surface area contributed by atoms with Gasteiger partial charge in [0, 0.05) is 18.0 Å². The third-order valence-electron chi connectivity index (χ3n) is 3.23. The van der Waals surface area contributed by atoms with Gasteiger partial charge in [0.05, 0.1) is 0 Å². The molecule has 0 spiro atoms. The van der Waals surface area contributed by atoms with E-state index in [9.17, 15) is 9.59 Å².